The van der Waals surface area contributed by atoms with E-state index in [9.17, 15) is 5.11 Å². The van der Waals surface area contributed by atoms with Crippen molar-refractivity contribution in [3.05, 3.63) is 72.3 Å². The largest absolute Gasteiger partial charge is 0.507 e. The molecular weight excluding hydrogens is 298 g/mol. The fourth-order valence-electron chi connectivity index (χ4n) is 2.50. The molecule has 2 aromatic carbocycles. The monoisotopic (exact) mass is 325 g/mol. The predicted octanol–water partition coefficient (Wildman–Crippen LogP) is 4.66. The Hall–Kier alpha value is -2.26. The number of hydrogen-bond acceptors (Lipinski definition) is 3. The van der Waals surface area contributed by atoms with Gasteiger partial charge in [0.1, 0.15) is 18.1 Å². The van der Waals surface area contributed by atoms with E-state index in [4.69, 9.17) is 4.74 Å². The second-order valence-electron chi connectivity index (χ2n) is 6.16. The summed E-state index contributed by atoms with van der Waals surface area (Å²) < 4.78 is 5.72. The van der Waals surface area contributed by atoms with Crippen molar-refractivity contribution in [2.24, 2.45) is 5.92 Å². The van der Waals surface area contributed by atoms with E-state index in [1.54, 1.807) is 6.07 Å². The zero-order valence-corrected chi connectivity index (χ0v) is 14.4. The molecule has 0 fully saturated rings. The molecule has 2 N–H and O–H groups in total. The second-order valence-corrected chi connectivity index (χ2v) is 6.16. The fraction of sp³-hybridized carbons (Fsp3) is 0.333. The number of benzene rings is 2. The normalized spacial score (nSPS) is 11.9. The summed E-state index contributed by atoms with van der Waals surface area (Å²) in [6.45, 7) is 8.08. The van der Waals surface area contributed by atoms with Crippen LogP contribution in [0.1, 0.15) is 30.9 Å². The summed E-state index contributed by atoms with van der Waals surface area (Å²) in [5.41, 5.74) is 2.00. The third-order valence-corrected chi connectivity index (χ3v) is 4.00. The molecule has 3 nitrogen and oxygen atoms in total. The SMILES string of the molecule is C=CCC(C)CCNCc1ccc(OCc2ccccc2)cc1O. The van der Waals surface area contributed by atoms with Gasteiger partial charge in [-0.1, -0.05) is 49.4 Å². The first-order valence-corrected chi connectivity index (χ1v) is 8.49. The summed E-state index contributed by atoms with van der Waals surface area (Å²) in [7, 11) is 0. The lowest BCUT2D eigenvalue weighted by molar-refractivity contribution is 0.304. The third-order valence-electron chi connectivity index (χ3n) is 4.00. The quantitative estimate of drug-likeness (QED) is 0.493. The molecule has 1 unspecified atom stereocenters. The summed E-state index contributed by atoms with van der Waals surface area (Å²) in [4.78, 5) is 0. The first-order chi connectivity index (χ1) is 11.7. The van der Waals surface area contributed by atoms with E-state index in [0.29, 0.717) is 24.8 Å². The number of hydrogen-bond donors (Lipinski definition) is 2. The van der Waals surface area contributed by atoms with Gasteiger partial charge in [-0.25, -0.2) is 0 Å². The fourth-order valence-corrected chi connectivity index (χ4v) is 2.50. The van der Waals surface area contributed by atoms with Crippen LogP contribution in [0.4, 0.5) is 0 Å². The van der Waals surface area contributed by atoms with Crippen molar-refractivity contribution in [3.8, 4) is 11.5 Å². The minimum absolute atomic E-state index is 0.271. The maximum atomic E-state index is 10.1. The molecule has 0 heterocycles. The summed E-state index contributed by atoms with van der Waals surface area (Å²) in [6, 6.07) is 15.5. The Bertz CT molecular complexity index is 625. The molecule has 128 valence electrons. The number of phenolic OH excluding ortho intramolecular Hbond substituents is 1. The van der Waals surface area contributed by atoms with Crippen molar-refractivity contribution in [1.29, 1.82) is 0 Å². The van der Waals surface area contributed by atoms with Crippen LogP contribution in [0.25, 0.3) is 0 Å². The molecule has 0 saturated heterocycles. The van der Waals surface area contributed by atoms with Crippen LogP contribution >= 0.6 is 0 Å². The highest BCUT2D eigenvalue weighted by Gasteiger charge is 2.05. The van der Waals surface area contributed by atoms with Gasteiger partial charge in [0, 0.05) is 18.2 Å². The Morgan fingerprint density at radius 1 is 1.21 bits per heavy atom. The first-order valence-electron chi connectivity index (χ1n) is 8.49. The van der Waals surface area contributed by atoms with E-state index in [-0.39, 0.29) is 5.75 Å². The lowest BCUT2D eigenvalue weighted by Gasteiger charge is -2.12. The van der Waals surface area contributed by atoms with Crippen molar-refractivity contribution >= 4 is 0 Å². The number of phenols is 1. The van der Waals surface area contributed by atoms with Gasteiger partial charge in [-0.05, 0) is 36.9 Å². The van der Waals surface area contributed by atoms with E-state index in [1.807, 2.05) is 48.5 Å². The minimum Gasteiger partial charge on any atom is -0.507 e. The molecule has 0 aliphatic heterocycles. The van der Waals surface area contributed by atoms with Crippen LogP contribution < -0.4 is 10.1 Å². The Morgan fingerprint density at radius 3 is 2.71 bits per heavy atom. The molecule has 0 aromatic heterocycles. The average Bonchev–Trinajstić information content (AvgIpc) is 2.59. The van der Waals surface area contributed by atoms with Gasteiger partial charge < -0.3 is 15.2 Å². The van der Waals surface area contributed by atoms with Crippen molar-refractivity contribution < 1.29 is 9.84 Å². The molecule has 1 atom stereocenters. The van der Waals surface area contributed by atoms with Crippen LogP contribution in [-0.4, -0.2) is 11.7 Å². The lowest BCUT2D eigenvalue weighted by atomic mass is 10.0. The van der Waals surface area contributed by atoms with E-state index in [0.717, 1.165) is 30.5 Å². The van der Waals surface area contributed by atoms with Crippen LogP contribution in [0, 0.1) is 5.92 Å². The van der Waals surface area contributed by atoms with E-state index < -0.39 is 0 Å². The van der Waals surface area contributed by atoms with Crippen molar-refractivity contribution in [3.63, 3.8) is 0 Å². The van der Waals surface area contributed by atoms with Gasteiger partial charge >= 0.3 is 0 Å². The molecular formula is C21H27NO2. The van der Waals surface area contributed by atoms with Gasteiger partial charge in [0.15, 0.2) is 0 Å². The van der Waals surface area contributed by atoms with Crippen molar-refractivity contribution in [2.45, 2.75) is 32.9 Å². The van der Waals surface area contributed by atoms with Crippen molar-refractivity contribution in [2.75, 3.05) is 6.54 Å². The molecule has 0 saturated carbocycles. The Kier molecular flexibility index (Phi) is 7.37. The van der Waals surface area contributed by atoms with E-state index >= 15 is 0 Å². The molecule has 2 rings (SSSR count). The molecule has 24 heavy (non-hydrogen) atoms. The van der Waals surface area contributed by atoms with E-state index in [1.165, 1.54) is 0 Å². The lowest BCUT2D eigenvalue weighted by Crippen LogP contribution is -2.17. The molecule has 2 aromatic rings. The van der Waals surface area contributed by atoms with Gasteiger partial charge in [-0.15, -0.1) is 6.58 Å². The molecule has 3 heteroatoms. The van der Waals surface area contributed by atoms with Gasteiger partial charge in [-0.2, -0.15) is 0 Å². The van der Waals surface area contributed by atoms with Gasteiger partial charge in [-0.3, -0.25) is 0 Å². The molecule has 0 bridgehead atoms. The Balaban J connectivity index is 1.78. The number of aromatic hydroxyl groups is 1. The van der Waals surface area contributed by atoms with Crippen LogP contribution in [0.3, 0.4) is 0 Å². The third kappa shape index (κ3) is 6.09. The molecule has 0 radical (unpaired) electrons. The molecule has 0 aliphatic carbocycles. The van der Waals surface area contributed by atoms with E-state index in [2.05, 4.69) is 18.8 Å². The van der Waals surface area contributed by atoms with Crippen molar-refractivity contribution in [1.82, 2.24) is 5.32 Å². The second kappa shape index (κ2) is 9.78. The average molecular weight is 325 g/mol. The Labute approximate surface area is 145 Å². The summed E-state index contributed by atoms with van der Waals surface area (Å²) in [5, 5.41) is 13.5. The van der Waals surface area contributed by atoms with Crippen LogP contribution in [0.2, 0.25) is 0 Å². The predicted molar refractivity (Wildman–Crippen MR) is 99.2 cm³/mol. The number of ether oxygens (including phenoxy) is 1. The van der Waals surface area contributed by atoms with Crippen LogP contribution in [-0.2, 0) is 13.2 Å². The smallest absolute Gasteiger partial charge is 0.123 e. The topological polar surface area (TPSA) is 41.5 Å². The molecule has 0 spiro atoms. The summed E-state index contributed by atoms with van der Waals surface area (Å²) in [6.07, 6.45) is 4.11. The zero-order valence-electron chi connectivity index (χ0n) is 14.4. The molecule has 0 amide bonds. The molecule has 0 aliphatic rings. The number of rotatable bonds is 10. The van der Waals surface area contributed by atoms with Crippen LogP contribution in [0.15, 0.2) is 61.2 Å². The zero-order chi connectivity index (χ0) is 17.2. The maximum absolute atomic E-state index is 10.1. The Morgan fingerprint density at radius 2 is 2.00 bits per heavy atom. The summed E-state index contributed by atoms with van der Waals surface area (Å²) in [5.74, 6) is 1.59. The van der Waals surface area contributed by atoms with Gasteiger partial charge in [0.25, 0.3) is 0 Å². The number of nitrogens with one attached hydrogen (secondary N) is 1. The van der Waals surface area contributed by atoms with Crippen LogP contribution in [0.5, 0.6) is 11.5 Å². The summed E-state index contributed by atoms with van der Waals surface area (Å²) >= 11 is 0. The highest BCUT2D eigenvalue weighted by atomic mass is 16.5. The van der Waals surface area contributed by atoms with Gasteiger partial charge in [0.2, 0.25) is 0 Å². The van der Waals surface area contributed by atoms with Gasteiger partial charge in [0.05, 0.1) is 0 Å². The standard InChI is InChI=1S/C21H27NO2/c1-3-7-17(2)12-13-22-15-19-10-11-20(14-21(19)23)24-16-18-8-5-4-6-9-18/h3-6,8-11,14,17,22-23H,1,7,12-13,15-16H2,2H3. The highest BCUT2D eigenvalue weighted by molar-refractivity contribution is 5.39. The first kappa shape index (κ1) is 18.1. The number of allylic oxidation sites excluding steroid dienone is 1. The maximum Gasteiger partial charge on any atom is 0.123 e. The minimum atomic E-state index is 0.271. The highest BCUT2D eigenvalue weighted by Crippen LogP contribution is 2.24.